The second-order valence-electron chi connectivity index (χ2n) is 4.54. The van der Waals surface area contributed by atoms with Crippen molar-refractivity contribution in [2.45, 2.75) is 19.8 Å². The zero-order valence-corrected chi connectivity index (χ0v) is 10.5. The molecule has 1 heterocycles. The van der Waals surface area contributed by atoms with Gasteiger partial charge in [-0.05, 0) is 23.3 Å². The van der Waals surface area contributed by atoms with Gasteiger partial charge < -0.3 is 4.42 Å². The van der Waals surface area contributed by atoms with Crippen LogP contribution in [0, 0.1) is 0 Å². The molecule has 0 unspecified atom stereocenters. The number of rotatable bonds is 3. The lowest BCUT2D eigenvalue weighted by atomic mass is 10.0. The monoisotopic (exact) mass is 236 g/mol. The number of hydrogen-bond acceptors (Lipinski definition) is 1. The number of furan rings is 1. The summed E-state index contributed by atoms with van der Waals surface area (Å²) in [5, 5.41) is 3.75. The Bertz CT molecular complexity index is 704. The van der Waals surface area contributed by atoms with E-state index in [2.05, 4.69) is 55.5 Å². The molecular weight excluding hydrogens is 220 g/mol. The zero-order valence-electron chi connectivity index (χ0n) is 10.5. The van der Waals surface area contributed by atoms with Crippen molar-refractivity contribution in [2.24, 2.45) is 0 Å². The van der Waals surface area contributed by atoms with Crippen LogP contribution in [0.2, 0.25) is 0 Å². The van der Waals surface area contributed by atoms with Crippen LogP contribution in [0.5, 0.6) is 0 Å². The Morgan fingerprint density at radius 3 is 2.89 bits per heavy atom. The van der Waals surface area contributed by atoms with Crippen molar-refractivity contribution in [3.63, 3.8) is 0 Å². The number of unbranched alkanes of at least 4 members (excludes halogenated alkanes) is 1. The van der Waals surface area contributed by atoms with Gasteiger partial charge in [0.15, 0.2) is 0 Å². The minimum Gasteiger partial charge on any atom is -0.464 e. The van der Waals surface area contributed by atoms with Gasteiger partial charge in [-0.1, -0.05) is 55.8 Å². The third-order valence-corrected chi connectivity index (χ3v) is 3.25. The molecule has 0 fully saturated rings. The molecule has 0 radical (unpaired) electrons. The predicted octanol–water partition coefficient (Wildman–Crippen LogP) is 5.40. The molecule has 0 saturated heterocycles. The molecular formula is C17H16O. The lowest BCUT2D eigenvalue weighted by Crippen LogP contribution is -1.75. The highest BCUT2D eigenvalue weighted by Gasteiger charge is 2.06. The van der Waals surface area contributed by atoms with E-state index in [0.29, 0.717) is 0 Å². The highest BCUT2D eigenvalue weighted by Crippen LogP contribution is 2.30. The smallest absolute Gasteiger partial charge is 0.135 e. The van der Waals surface area contributed by atoms with Gasteiger partial charge in [0.1, 0.15) is 5.58 Å². The van der Waals surface area contributed by atoms with E-state index in [9.17, 15) is 0 Å². The van der Waals surface area contributed by atoms with Gasteiger partial charge >= 0.3 is 0 Å². The Labute approximate surface area is 107 Å². The van der Waals surface area contributed by atoms with Crippen LogP contribution >= 0.6 is 0 Å². The zero-order chi connectivity index (χ0) is 12.4. The first-order valence-electron chi connectivity index (χ1n) is 6.45. The summed E-state index contributed by atoms with van der Waals surface area (Å²) in [6.07, 6.45) is 8.52. The van der Waals surface area contributed by atoms with Crippen molar-refractivity contribution in [3.8, 4) is 0 Å². The molecule has 1 nitrogen and oxygen atoms in total. The summed E-state index contributed by atoms with van der Waals surface area (Å²) in [4.78, 5) is 0. The molecule has 0 aliphatic rings. The first-order chi connectivity index (χ1) is 8.90. The molecule has 18 heavy (non-hydrogen) atoms. The Hall–Kier alpha value is -2.02. The molecule has 0 bridgehead atoms. The molecule has 0 aliphatic heterocycles. The Morgan fingerprint density at radius 2 is 2.00 bits per heavy atom. The van der Waals surface area contributed by atoms with Crippen molar-refractivity contribution in [1.29, 1.82) is 0 Å². The summed E-state index contributed by atoms with van der Waals surface area (Å²) in [6, 6.07) is 12.6. The molecule has 0 spiro atoms. The van der Waals surface area contributed by atoms with Crippen LogP contribution in [0.25, 0.3) is 27.8 Å². The topological polar surface area (TPSA) is 13.1 Å². The second-order valence-corrected chi connectivity index (χ2v) is 4.54. The lowest BCUT2D eigenvalue weighted by molar-refractivity contribution is 0.615. The van der Waals surface area contributed by atoms with E-state index in [1.165, 1.54) is 28.1 Å². The van der Waals surface area contributed by atoms with Crippen LogP contribution in [0.3, 0.4) is 0 Å². The molecule has 90 valence electrons. The molecule has 2 aromatic carbocycles. The third kappa shape index (κ3) is 1.82. The summed E-state index contributed by atoms with van der Waals surface area (Å²) in [5.41, 5.74) is 2.14. The maximum atomic E-state index is 5.64. The van der Waals surface area contributed by atoms with Crippen molar-refractivity contribution >= 4 is 27.8 Å². The quantitative estimate of drug-likeness (QED) is 0.593. The molecule has 3 rings (SSSR count). The van der Waals surface area contributed by atoms with E-state index in [4.69, 9.17) is 4.42 Å². The van der Waals surface area contributed by atoms with Crippen LogP contribution in [-0.2, 0) is 0 Å². The fourth-order valence-electron chi connectivity index (χ4n) is 2.33. The normalized spacial score (nSPS) is 11.8. The average Bonchev–Trinajstić information content (AvgIpc) is 2.83. The standard InChI is InChI=1S/C17H16O/c1-2-3-4-8-14-12-18-16-11-10-13-7-5-6-9-15(13)17(14)16/h4-12H,2-3H2,1H3. The van der Waals surface area contributed by atoms with E-state index < -0.39 is 0 Å². The fourth-order valence-corrected chi connectivity index (χ4v) is 2.33. The first kappa shape index (κ1) is 11.1. The van der Waals surface area contributed by atoms with E-state index >= 15 is 0 Å². The van der Waals surface area contributed by atoms with Crippen LogP contribution in [0.4, 0.5) is 0 Å². The Balaban J connectivity index is 2.24. The number of fused-ring (bicyclic) bond motifs is 3. The summed E-state index contributed by atoms with van der Waals surface area (Å²) >= 11 is 0. The number of benzene rings is 2. The maximum absolute atomic E-state index is 5.64. The average molecular weight is 236 g/mol. The van der Waals surface area contributed by atoms with Gasteiger partial charge in [-0.25, -0.2) is 0 Å². The lowest BCUT2D eigenvalue weighted by Gasteiger charge is -1.99. The van der Waals surface area contributed by atoms with Gasteiger partial charge in [0, 0.05) is 10.9 Å². The summed E-state index contributed by atoms with van der Waals surface area (Å²) in [7, 11) is 0. The summed E-state index contributed by atoms with van der Waals surface area (Å²) < 4.78 is 5.64. The van der Waals surface area contributed by atoms with Crippen LogP contribution in [-0.4, -0.2) is 0 Å². The van der Waals surface area contributed by atoms with Gasteiger partial charge in [0.05, 0.1) is 6.26 Å². The van der Waals surface area contributed by atoms with Crippen molar-refractivity contribution < 1.29 is 4.42 Å². The van der Waals surface area contributed by atoms with Crippen LogP contribution < -0.4 is 0 Å². The highest BCUT2D eigenvalue weighted by atomic mass is 16.3. The fraction of sp³-hybridized carbons (Fsp3) is 0.176. The van der Waals surface area contributed by atoms with E-state index in [1.807, 2.05) is 6.26 Å². The molecule has 0 atom stereocenters. The van der Waals surface area contributed by atoms with Crippen molar-refractivity contribution in [2.75, 3.05) is 0 Å². The first-order valence-corrected chi connectivity index (χ1v) is 6.45. The van der Waals surface area contributed by atoms with Crippen LogP contribution in [0.1, 0.15) is 25.3 Å². The Kier molecular flexibility index (Phi) is 2.89. The molecule has 0 N–H and O–H groups in total. The molecule has 0 saturated carbocycles. The molecule has 1 heteroatoms. The van der Waals surface area contributed by atoms with Crippen molar-refractivity contribution in [3.05, 3.63) is 54.3 Å². The Morgan fingerprint density at radius 1 is 1.11 bits per heavy atom. The maximum Gasteiger partial charge on any atom is 0.135 e. The third-order valence-electron chi connectivity index (χ3n) is 3.25. The molecule has 0 amide bonds. The number of allylic oxidation sites excluding steroid dienone is 1. The van der Waals surface area contributed by atoms with Gasteiger partial charge in [-0.2, -0.15) is 0 Å². The van der Waals surface area contributed by atoms with Crippen molar-refractivity contribution in [1.82, 2.24) is 0 Å². The van der Waals surface area contributed by atoms with Gasteiger partial charge in [-0.3, -0.25) is 0 Å². The molecule has 3 aromatic rings. The SMILES string of the molecule is CCCC=Cc1coc2ccc3ccccc3c12. The van der Waals surface area contributed by atoms with Gasteiger partial charge in [0.2, 0.25) is 0 Å². The molecule has 0 aliphatic carbocycles. The minimum absolute atomic E-state index is 0.963. The second kappa shape index (κ2) is 4.69. The summed E-state index contributed by atoms with van der Waals surface area (Å²) in [5.74, 6) is 0. The van der Waals surface area contributed by atoms with Gasteiger partial charge in [0.25, 0.3) is 0 Å². The van der Waals surface area contributed by atoms with E-state index in [1.54, 1.807) is 0 Å². The minimum atomic E-state index is 0.963. The van der Waals surface area contributed by atoms with Gasteiger partial charge in [-0.15, -0.1) is 0 Å². The highest BCUT2D eigenvalue weighted by molar-refractivity contribution is 6.09. The molecule has 1 aromatic heterocycles. The van der Waals surface area contributed by atoms with E-state index in [-0.39, 0.29) is 0 Å². The predicted molar refractivity (Wildman–Crippen MR) is 77.7 cm³/mol. The van der Waals surface area contributed by atoms with Crippen LogP contribution in [0.15, 0.2) is 53.2 Å². The summed E-state index contributed by atoms with van der Waals surface area (Å²) in [6.45, 7) is 2.19. The van der Waals surface area contributed by atoms with E-state index in [0.717, 1.165) is 12.0 Å². The number of hydrogen-bond donors (Lipinski definition) is 0. The largest absolute Gasteiger partial charge is 0.464 e.